The van der Waals surface area contributed by atoms with Crippen LogP contribution in [0.15, 0.2) is 48.5 Å². The minimum absolute atomic E-state index is 0.475. The summed E-state index contributed by atoms with van der Waals surface area (Å²) in [6.07, 6.45) is 2.19. The Hall–Kier alpha value is -3.06. The van der Waals surface area contributed by atoms with Gasteiger partial charge in [0, 0.05) is 10.7 Å². The van der Waals surface area contributed by atoms with E-state index in [0.29, 0.717) is 29.3 Å². The maximum atomic E-state index is 12.6. The zero-order chi connectivity index (χ0) is 20.9. The van der Waals surface area contributed by atoms with Gasteiger partial charge in [-0.3, -0.25) is 14.9 Å². The van der Waals surface area contributed by atoms with E-state index in [-0.39, 0.29) is 0 Å². The lowest BCUT2D eigenvalue weighted by molar-refractivity contribution is -0.157. The number of carbonyl (C=O) groups excluding carboxylic acids is 3. The molecular formula is C21H21ClN2O5. The van der Waals surface area contributed by atoms with Crippen LogP contribution in [0.3, 0.4) is 0 Å². The molecule has 0 atom stereocenters. The van der Waals surface area contributed by atoms with Gasteiger partial charge in [0.2, 0.25) is 0 Å². The molecule has 0 radical (unpaired) electrons. The highest BCUT2D eigenvalue weighted by molar-refractivity contribution is 6.30. The quantitative estimate of drug-likeness (QED) is 0.701. The molecule has 2 aromatic carbocycles. The van der Waals surface area contributed by atoms with Crippen molar-refractivity contribution in [2.45, 2.75) is 24.7 Å². The highest BCUT2D eigenvalue weighted by atomic mass is 35.5. The highest BCUT2D eigenvalue weighted by Crippen LogP contribution is 2.45. The number of ether oxygens (including phenoxy) is 2. The van der Waals surface area contributed by atoms with Crippen molar-refractivity contribution in [2.24, 2.45) is 0 Å². The molecule has 2 aromatic rings. The van der Waals surface area contributed by atoms with Gasteiger partial charge in [-0.05, 0) is 54.8 Å². The van der Waals surface area contributed by atoms with Crippen LogP contribution in [-0.2, 0) is 19.7 Å². The second-order valence-corrected chi connectivity index (χ2v) is 7.19. The Balaban J connectivity index is 1.50. The minimum atomic E-state index is -0.754. The maximum Gasteiger partial charge on any atom is 0.325 e. The van der Waals surface area contributed by atoms with Crippen LogP contribution in [0.2, 0.25) is 5.02 Å². The van der Waals surface area contributed by atoms with E-state index in [4.69, 9.17) is 21.1 Å². The molecule has 3 rings (SSSR count). The topological polar surface area (TPSA) is 93.7 Å². The summed E-state index contributed by atoms with van der Waals surface area (Å²) in [5.74, 6) is -0.545. The lowest BCUT2D eigenvalue weighted by atomic mass is 9.64. The van der Waals surface area contributed by atoms with Gasteiger partial charge in [-0.2, -0.15) is 0 Å². The summed E-state index contributed by atoms with van der Waals surface area (Å²) in [6.45, 7) is -0.537. The van der Waals surface area contributed by atoms with Crippen LogP contribution in [0.25, 0.3) is 0 Å². The summed E-state index contributed by atoms with van der Waals surface area (Å²) in [6, 6.07) is 12.9. The first kappa shape index (κ1) is 20.7. The summed E-state index contributed by atoms with van der Waals surface area (Å²) in [5, 5.41) is 5.23. The van der Waals surface area contributed by atoms with E-state index in [1.54, 1.807) is 48.5 Å². The van der Waals surface area contributed by atoms with Crippen LogP contribution in [0.4, 0.5) is 10.5 Å². The summed E-state index contributed by atoms with van der Waals surface area (Å²) in [4.78, 5) is 36.5. The fourth-order valence-electron chi connectivity index (χ4n) is 3.18. The van der Waals surface area contributed by atoms with Crippen LogP contribution in [0.1, 0.15) is 24.8 Å². The van der Waals surface area contributed by atoms with Crippen LogP contribution in [-0.4, -0.2) is 31.6 Å². The number of halogens is 1. The van der Waals surface area contributed by atoms with Crippen molar-refractivity contribution >= 4 is 35.2 Å². The Morgan fingerprint density at radius 3 is 2.24 bits per heavy atom. The van der Waals surface area contributed by atoms with Crippen LogP contribution in [0, 0.1) is 0 Å². The summed E-state index contributed by atoms with van der Waals surface area (Å²) < 4.78 is 10.2. The smallest absolute Gasteiger partial charge is 0.325 e. The van der Waals surface area contributed by atoms with Gasteiger partial charge in [0.1, 0.15) is 5.75 Å². The van der Waals surface area contributed by atoms with Gasteiger partial charge in [0.05, 0.1) is 12.5 Å². The fourth-order valence-corrected chi connectivity index (χ4v) is 3.30. The summed E-state index contributed by atoms with van der Waals surface area (Å²) >= 11 is 5.91. The molecule has 0 unspecified atom stereocenters. The number of benzene rings is 2. The summed E-state index contributed by atoms with van der Waals surface area (Å²) in [7, 11) is 1.54. The molecule has 2 N–H and O–H groups in total. The number of urea groups is 1. The third-order valence-corrected chi connectivity index (χ3v) is 5.18. The largest absolute Gasteiger partial charge is 0.497 e. The average molecular weight is 417 g/mol. The maximum absolute atomic E-state index is 12.6. The number of hydrogen-bond donors (Lipinski definition) is 2. The molecule has 7 nitrogen and oxygen atoms in total. The molecule has 0 aliphatic heterocycles. The average Bonchev–Trinajstić information content (AvgIpc) is 2.67. The number of methoxy groups -OCH3 is 1. The second-order valence-electron chi connectivity index (χ2n) is 6.75. The molecule has 0 heterocycles. The Kier molecular flexibility index (Phi) is 6.39. The molecule has 8 heteroatoms. The lowest BCUT2D eigenvalue weighted by Gasteiger charge is -2.39. The number of amides is 3. The Labute approximate surface area is 173 Å². The van der Waals surface area contributed by atoms with Crippen molar-refractivity contribution in [1.82, 2.24) is 5.32 Å². The first-order valence-electron chi connectivity index (χ1n) is 9.11. The van der Waals surface area contributed by atoms with Crippen LogP contribution < -0.4 is 15.4 Å². The molecule has 0 spiro atoms. The molecule has 0 saturated heterocycles. The molecular weight excluding hydrogens is 396 g/mol. The van der Waals surface area contributed by atoms with Crippen molar-refractivity contribution in [3.8, 4) is 5.75 Å². The number of carbonyl (C=O) groups is 3. The summed E-state index contributed by atoms with van der Waals surface area (Å²) in [5.41, 5.74) is 0.552. The van der Waals surface area contributed by atoms with E-state index in [2.05, 4.69) is 10.6 Å². The zero-order valence-corrected chi connectivity index (χ0v) is 16.6. The van der Waals surface area contributed by atoms with Crippen molar-refractivity contribution in [3.05, 3.63) is 59.1 Å². The Bertz CT molecular complexity index is 892. The predicted molar refractivity (Wildman–Crippen MR) is 108 cm³/mol. The molecule has 0 aromatic heterocycles. The number of anilines is 1. The van der Waals surface area contributed by atoms with Crippen molar-refractivity contribution in [1.29, 1.82) is 0 Å². The van der Waals surface area contributed by atoms with Crippen LogP contribution >= 0.6 is 11.6 Å². The van der Waals surface area contributed by atoms with E-state index >= 15 is 0 Å². The van der Waals surface area contributed by atoms with Gasteiger partial charge in [-0.25, -0.2) is 4.79 Å². The third kappa shape index (κ3) is 4.86. The van der Waals surface area contributed by atoms with E-state index < -0.39 is 29.9 Å². The molecule has 1 fully saturated rings. The van der Waals surface area contributed by atoms with E-state index in [1.165, 1.54) is 7.11 Å². The van der Waals surface area contributed by atoms with Crippen molar-refractivity contribution in [2.75, 3.05) is 19.0 Å². The van der Waals surface area contributed by atoms with Gasteiger partial charge in [0.15, 0.2) is 6.61 Å². The lowest BCUT2D eigenvalue weighted by Crippen LogP contribution is -2.45. The van der Waals surface area contributed by atoms with Crippen molar-refractivity contribution < 1.29 is 23.9 Å². The van der Waals surface area contributed by atoms with Gasteiger partial charge in [0.25, 0.3) is 5.91 Å². The van der Waals surface area contributed by atoms with Gasteiger partial charge in [-0.15, -0.1) is 0 Å². The van der Waals surface area contributed by atoms with E-state index in [1.807, 2.05) is 0 Å². The molecule has 29 heavy (non-hydrogen) atoms. The first-order valence-corrected chi connectivity index (χ1v) is 9.49. The zero-order valence-electron chi connectivity index (χ0n) is 15.9. The molecule has 152 valence electrons. The number of hydrogen-bond acceptors (Lipinski definition) is 5. The Morgan fingerprint density at radius 2 is 1.69 bits per heavy atom. The van der Waals surface area contributed by atoms with E-state index in [9.17, 15) is 14.4 Å². The third-order valence-electron chi connectivity index (χ3n) is 4.93. The minimum Gasteiger partial charge on any atom is -0.497 e. The number of esters is 1. The Morgan fingerprint density at radius 1 is 1.03 bits per heavy atom. The molecule has 1 aliphatic carbocycles. The molecule has 3 amide bonds. The first-order chi connectivity index (χ1) is 13.9. The number of rotatable bonds is 6. The van der Waals surface area contributed by atoms with Crippen LogP contribution in [0.5, 0.6) is 5.75 Å². The highest BCUT2D eigenvalue weighted by Gasteiger charge is 2.47. The SMILES string of the molecule is COc1ccc(NC(=O)NC(=O)COC(=O)C2(c3ccc(Cl)cc3)CCC2)cc1. The monoisotopic (exact) mass is 416 g/mol. The molecule has 1 aliphatic rings. The van der Waals surface area contributed by atoms with Gasteiger partial charge >= 0.3 is 12.0 Å². The number of nitrogens with one attached hydrogen (secondary N) is 2. The fraction of sp³-hybridized carbons (Fsp3) is 0.286. The molecule has 0 bridgehead atoms. The van der Waals surface area contributed by atoms with Gasteiger partial charge in [-0.1, -0.05) is 30.2 Å². The van der Waals surface area contributed by atoms with Crippen molar-refractivity contribution in [3.63, 3.8) is 0 Å². The molecule has 1 saturated carbocycles. The normalized spacial score (nSPS) is 14.3. The number of imide groups is 1. The predicted octanol–water partition coefficient (Wildman–Crippen LogP) is 3.66. The standard InChI is InChI=1S/C21H21ClN2O5/c1-28-17-9-7-16(8-10-17)23-20(27)24-18(25)13-29-19(26)21(11-2-12-21)14-3-5-15(22)6-4-14/h3-10H,2,11-13H2,1H3,(H2,23,24,25,27). The van der Waals surface area contributed by atoms with Gasteiger partial charge < -0.3 is 14.8 Å². The second kappa shape index (κ2) is 8.96. The van der Waals surface area contributed by atoms with E-state index in [0.717, 1.165) is 12.0 Å².